The molecule has 0 atom stereocenters. The average molecular weight is 457 g/mol. The monoisotopic (exact) mass is 457 g/mol. The zero-order valence-corrected chi connectivity index (χ0v) is 16.2. The van der Waals surface area contributed by atoms with Gasteiger partial charge in [0.1, 0.15) is 6.61 Å². The van der Waals surface area contributed by atoms with Crippen LogP contribution in [0.2, 0.25) is 0 Å². The lowest BCUT2D eigenvalue weighted by Crippen LogP contribution is -2.23. The van der Waals surface area contributed by atoms with E-state index >= 15 is 0 Å². The molecular formula is C18H20INO5. The minimum atomic E-state index is -0.447. The summed E-state index contributed by atoms with van der Waals surface area (Å²) < 4.78 is 10.4. The molecule has 0 saturated carbocycles. The van der Waals surface area contributed by atoms with Gasteiger partial charge in [0.2, 0.25) is 0 Å². The summed E-state index contributed by atoms with van der Waals surface area (Å²) in [6.45, 7) is 2.81. The molecule has 0 bridgehead atoms. The summed E-state index contributed by atoms with van der Waals surface area (Å²) in [7, 11) is 0. The highest BCUT2D eigenvalue weighted by molar-refractivity contribution is 14.1. The van der Waals surface area contributed by atoms with E-state index in [0.717, 1.165) is 5.56 Å². The first-order valence-electron chi connectivity index (χ1n) is 8.13. The van der Waals surface area contributed by atoms with Crippen molar-refractivity contribution in [1.82, 2.24) is 4.90 Å². The first kappa shape index (κ1) is 19.4. The number of esters is 1. The van der Waals surface area contributed by atoms with Crippen molar-refractivity contribution in [2.45, 2.75) is 26.2 Å². The second kappa shape index (κ2) is 9.55. The number of benzene rings is 1. The van der Waals surface area contributed by atoms with Crippen molar-refractivity contribution in [2.75, 3.05) is 19.8 Å². The Labute approximate surface area is 160 Å². The number of carbonyl (C=O) groups excluding carboxylic acids is 3. The molecule has 25 heavy (non-hydrogen) atoms. The van der Waals surface area contributed by atoms with Gasteiger partial charge >= 0.3 is 12.1 Å². The summed E-state index contributed by atoms with van der Waals surface area (Å²) >= 11 is 2.01. The molecule has 1 aromatic carbocycles. The molecule has 1 amide bonds. The van der Waals surface area contributed by atoms with Gasteiger partial charge in [-0.3, -0.25) is 14.5 Å². The van der Waals surface area contributed by atoms with Crippen molar-refractivity contribution >= 4 is 46.0 Å². The Balaban J connectivity index is 2.19. The fourth-order valence-electron chi connectivity index (χ4n) is 2.46. The number of cyclic esters (lactones) is 1. The van der Waals surface area contributed by atoms with E-state index in [1.807, 2.05) is 52.9 Å². The van der Waals surface area contributed by atoms with Crippen molar-refractivity contribution < 1.29 is 23.9 Å². The molecule has 1 heterocycles. The van der Waals surface area contributed by atoms with Gasteiger partial charge in [-0.25, -0.2) is 4.79 Å². The molecule has 0 unspecified atom stereocenters. The molecule has 7 heteroatoms. The number of rotatable bonds is 8. The maximum absolute atomic E-state index is 12.8. The van der Waals surface area contributed by atoms with Crippen LogP contribution in [0.4, 0.5) is 4.79 Å². The van der Waals surface area contributed by atoms with Crippen LogP contribution in [0.3, 0.4) is 0 Å². The minimum Gasteiger partial charge on any atom is -0.466 e. The second-order valence-electron chi connectivity index (χ2n) is 5.38. The van der Waals surface area contributed by atoms with Gasteiger partial charge in [-0.1, -0.05) is 30.3 Å². The Morgan fingerprint density at radius 1 is 1.24 bits per heavy atom. The molecule has 2 rings (SSSR count). The molecule has 1 aliphatic heterocycles. The maximum atomic E-state index is 12.8. The van der Waals surface area contributed by atoms with Crippen LogP contribution in [-0.2, 0) is 19.1 Å². The van der Waals surface area contributed by atoms with E-state index < -0.39 is 6.09 Å². The minimum absolute atomic E-state index is 0.111. The molecule has 6 nitrogen and oxygen atoms in total. The van der Waals surface area contributed by atoms with Crippen LogP contribution in [0.5, 0.6) is 0 Å². The van der Waals surface area contributed by atoms with Crippen LogP contribution in [0.25, 0.3) is 5.57 Å². The fraction of sp³-hybridized carbons (Fsp3) is 0.389. The Bertz CT molecular complexity index is 671. The number of hydrogen-bond donors (Lipinski definition) is 0. The van der Waals surface area contributed by atoms with Crippen molar-refractivity contribution in [3.05, 3.63) is 39.6 Å². The highest BCUT2D eigenvalue weighted by Crippen LogP contribution is 2.30. The Hall–Kier alpha value is -1.90. The standard InChI is InChI=1S/C18H20INO5/c1-2-24-15(22)10-6-9-14(21)16(13-7-4-3-5-8-13)17(19)20-11-12-25-18(20)23/h3-5,7-8H,2,6,9-12H2,1H3/b17-16+. The Morgan fingerprint density at radius 2 is 1.96 bits per heavy atom. The summed E-state index contributed by atoms with van der Waals surface area (Å²) in [5.74, 6) is -0.419. The van der Waals surface area contributed by atoms with Gasteiger partial charge < -0.3 is 9.47 Å². The van der Waals surface area contributed by atoms with Crippen molar-refractivity contribution in [1.29, 1.82) is 0 Å². The third kappa shape index (κ3) is 5.29. The number of ketones is 1. The van der Waals surface area contributed by atoms with Gasteiger partial charge in [0, 0.05) is 12.8 Å². The largest absolute Gasteiger partial charge is 0.466 e. The summed E-state index contributed by atoms with van der Waals surface area (Å²) in [5, 5.41) is 0. The van der Waals surface area contributed by atoms with Crippen LogP contribution in [0.15, 0.2) is 34.0 Å². The number of allylic oxidation sites excluding steroid dienone is 1. The second-order valence-corrected chi connectivity index (χ2v) is 6.40. The molecule has 0 N–H and O–H groups in total. The lowest BCUT2D eigenvalue weighted by atomic mass is 9.99. The van der Waals surface area contributed by atoms with Crippen molar-refractivity contribution in [2.24, 2.45) is 0 Å². The van der Waals surface area contributed by atoms with E-state index in [9.17, 15) is 14.4 Å². The molecule has 0 spiro atoms. The molecule has 1 saturated heterocycles. The Kier molecular flexibility index (Phi) is 7.42. The van der Waals surface area contributed by atoms with E-state index in [2.05, 4.69) is 0 Å². The predicted octanol–water partition coefficient (Wildman–Crippen LogP) is 3.54. The van der Waals surface area contributed by atoms with Crippen molar-refractivity contribution in [3.8, 4) is 0 Å². The topological polar surface area (TPSA) is 72.9 Å². The molecule has 134 valence electrons. The first-order valence-corrected chi connectivity index (χ1v) is 9.20. The lowest BCUT2D eigenvalue weighted by molar-refractivity contribution is -0.143. The first-order chi connectivity index (χ1) is 12.0. The predicted molar refractivity (Wildman–Crippen MR) is 101 cm³/mol. The number of carbonyl (C=O) groups is 3. The highest BCUT2D eigenvalue weighted by atomic mass is 127. The van der Waals surface area contributed by atoms with Gasteiger partial charge in [0.05, 0.1) is 22.4 Å². The molecule has 0 radical (unpaired) electrons. The lowest BCUT2D eigenvalue weighted by Gasteiger charge is -2.17. The van der Waals surface area contributed by atoms with E-state index in [1.54, 1.807) is 6.92 Å². The van der Waals surface area contributed by atoms with Gasteiger partial charge in [0.25, 0.3) is 0 Å². The molecule has 0 aliphatic carbocycles. The van der Waals surface area contributed by atoms with Crippen LogP contribution >= 0.6 is 22.6 Å². The number of ether oxygens (including phenoxy) is 2. The number of nitrogens with zero attached hydrogens (tertiary/aromatic N) is 1. The van der Waals surface area contributed by atoms with Gasteiger partial charge in [-0.2, -0.15) is 0 Å². The van der Waals surface area contributed by atoms with Crippen LogP contribution in [0.1, 0.15) is 31.7 Å². The zero-order valence-electron chi connectivity index (χ0n) is 14.0. The van der Waals surface area contributed by atoms with Gasteiger partial charge in [-0.15, -0.1) is 0 Å². The summed E-state index contributed by atoms with van der Waals surface area (Å²) in [5.41, 5.74) is 1.22. The molecule has 1 aliphatic rings. The van der Waals surface area contributed by atoms with Crippen LogP contribution < -0.4 is 0 Å². The van der Waals surface area contributed by atoms with E-state index in [1.165, 1.54) is 4.90 Å². The quantitative estimate of drug-likeness (QED) is 0.259. The molecule has 0 aromatic heterocycles. The highest BCUT2D eigenvalue weighted by Gasteiger charge is 2.29. The van der Waals surface area contributed by atoms with E-state index in [4.69, 9.17) is 9.47 Å². The number of amides is 1. The third-order valence-electron chi connectivity index (χ3n) is 3.64. The summed E-state index contributed by atoms with van der Waals surface area (Å²) in [4.78, 5) is 37.5. The summed E-state index contributed by atoms with van der Waals surface area (Å²) in [6.07, 6.45) is 0.363. The fourth-order valence-corrected chi connectivity index (χ4v) is 3.51. The average Bonchev–Trinajstić information content (AvgIpc) is 3.02. The molecular weight excluding hydrogens is 437 g/mol. The smallest absolute Gasteiger partial charge is 0.414 e. The molecule has 1 fully saturated rings. The normalized spacial score (nSPS) is 14.8. The van der Waals surface area contributed by atoms with Gasteiger partial charge in [-0.05, 0) is 41.5 Å². The zero-order chi connectivity index (χ0) is 18.2. The maximum Gasteiger partial charge on any atom is 0.414 e. The van der Waals surface area contributed by atoms with E-state index in [-0.39, 0.29) is 24.6 Å². The number of hydrogen-bond acceptors (Lipinski definition) is 5. The van der Waals surface area contributed by atoms with Crippen molar-refractivity contribution in [3.63, 3.8) is 0 Å². The summed E-state index contributed by atoms with van der Waals surface area (Å²) in [6, 6.07) is 9.21. The molecule has 1 aromatic rings. The Morgan fingerprint density at radius 3 is 2.56 bits per heavy atom. The van der Waals surface area contributed by atoms with Gasteiger partial charge in [0.15, 0.2) is 5.78 Å². The number of halogens is 1. The number of Topliss-reactive ketones (excluding diaryl/α,β-unsaturated/α-hetero) is 1. The third-order valence-corrected chi connectivity index (χ3v) is 4.76. The van der Waals surface area contributed by atoms with Crippen LogP contribution in [-0.4, -0.2) is 42.5 Å². The SMILES string of the molecule is CCOC(=O)CCCC(=O)/C(=C(\I)N1CCOC1=O)c1ccccc1. The van der Waals surface area contributed by atoms with E-state index in [0.29, 0.717) is 35.5 Å². The van der Waals surface area contributed by atoms with Crippen LogP contribution in [0, 0.1) is 0 Å².